The summed E-state index contributed by atoms with van der Waals surface area (Å²) in [5, 5.41) is 3.41. The number of ether oxygens (including phenoxy) is 1. The number of hydrogen-bond donors (Lipinski definition) is 1. The lowest BCUT2D eigenvalue weighted by atomic mass is 10.0. The Hall–Kier alpha value is -3.60. The van der Waals surface area contributed by atoms with Crippen molar-refractivity contribution in [1.82, 2.24) is 9.55 Å². The molecule has 4 aromatic rings. The predicted molar refractivity (Wildman–Crippen MR) is 109 cm³/mol. The number of nitrogens with one attached hydrogen (secondary N) is 1. The van der Waals surface area contributed by atoms with Gasteiger partial charge in [-0.1, -0.05) is 30.3 Å². The lowest BCUT2D eigenvalue weighted by Gasteiger charge is -2.27. The van der Waals surface area contributed by atoms with Crippen molar-refractivity contribution in [2.45, 2.75) is 6.04 Å². The summed E-state index contributed by atoms with van der Waals surface area (Å²) in [4.78, 5) is 4.73. The third kappa shape index (κ3) is 2.63. The molecule has 1 N–H and O–H groups in total. The zero-order valence-electron chi connectivity index (χ0n) is 15.3. The first-order valence-electron chi connectivity index (χ1n) is 9.09. The van der Waals surface area contributed by atoms with Gasteiger partial charge in [0.1, 0.15) is 11.6 Å². The van der Waals surface area contributed by atoms with Gasteiger partial charge in [-0.05, 0) is 54.1 Å². The van der Waals surface area contributed by atoms with Gasteiger partial charge in [-0.2, -0.15) is 0 Å². The maximum Gasteiger partial charge on any atom is 0.209 e. The smallest absolute Gasteiger partial charge is 0.209 e. The summed E-state index contributed by atoms with van der Waals surface area (Å²) in [5.74, 6) is 1.25. The normalized spacial score (nSPS) is 15.6. The Morgan fingerprint density at radius 2 is 1.71 bits per heavy atom. The number of imidazole rings is 1. The highest BCUT2D eigenvalue weighted by atomic mass is 19.1. The number of hydrogen-bond acceptors (Lipinski definition) is 3. The van der Waals surface area contributed by atoms with Crippen LogP contribution in [0.15, 0.2) is 78.9 Å². The molecule has 4 nitrogen and oxygen atoms in total. The number of rotatable bonds is 3. The van der Waals surface area contributed by atoms with Crippen LogP contribution in [0.25, 0.3) is 16.7 Å². The molecule has 0 unspecified atom stereocenters. The molecule has 1 aliphatic heterocycles. The van der Waals surface area contributed by atoms with Gasteiger partial charge in [0.15, 0.2) is 0 Å². The van der Waals surface area contributed by atoms with Gasteiger partial charge < -0.3 is 10.1 Å². The molecule has 28 heavy (non-hydrogen) atoms. The molecular formula is C23H18FN3O. The fourth-order valence-electron chi connectivity index (χ4n) is 3.69. The molecule has 0 spiro atoms. The second kappa shape index (κ2) is 6.53. The molecule has 0 amide bonds. The van der Waals surface area contributed by atoms with Crippen molar-refractivity contribution in [2.75, 3.05) is 12.4 Å². The molecule has 5 heteroatoms. The van der Waals surface area contributed by atoms with E-state index in [1.807, 2.05) is 71.3 Å². The zero-order chi connectivity index (χ0) is 19.1. The molecule has 0 saturated carbocycles. The van der Waals surface area contributed by atoms with Crippen LogP contribution in [-0.4, -0.2) is 16.7 Å². The molecule has 0 radical (unpaired) electrons. The Balaban J connectivity index is 1.70. The van der Waals surface area contributed by atoms with Crippen LogP contribution in [-0.2, 0) is 0 Å². The standard InChI is InChI=1S/C23H18FN3O/c1-28-16-12-10-15(11-13-16)20-14-22(17-6-2-3-7-18(17)24)27-21-9-5-4-8-19(21)25-23(27)26-20/h2-14,22H,1H3,(H,25,26)/t22-/m0/s1. The summed E-state index contributed by atoms with van der Waals surface area (Å²) >= 11 is 0. The van der Waals surface area contributed by atoms with Crippen LogP contribution in [0.4, 0.5) is 10.3 Å². The van der Waals surface area contributed by atoms with Gasteiger partial charge in [-0.25, -0.2) is 9.37 Å². The molecule has 1 aliphatic rings. The Kier molecular flexibility index (Phi) is 3.86. The lowest BCUT2D eigenvalue weighted by molar-refractivity contribution is 0.415. The third-order valence-corrected chi connectivity index (χ3v) is 5.07. The number of halogens is 1. The van der Waals surface area contributed by atoms with Crippen LogP contribution in [0.5, 0.6) is 5.75 Å². The van der Waals surface area contributed by atoms with Crippen LogP contribution < -0.4 is 10.1 Å². The van der Waals surface area contributed by atoms with Crippen molar-refractivity contribution in [1.29, 1.82) is 0 Å². The minimum Gasteiger partial charge on any atom is -0.497 e. The first kappa shape index (κ1) is 16.6. The van der Waals surface area contributed by atoms with Crippen LogP contribution >= 0.6 is 0 Å². The van der Waals surface area contributed by atoms with Gasteiger partial charge in [0, 0.05) is 11.3 Å². The van der Waals surface area contributed by atoms with E-state index in [-0.39, 0.29) is 11.9 Å². The predicted octanol–water partition coefficient (Wildman–Crippen LogP) is 5.24. The number of methoxy groups -OCH3 is 1. The van der Waals surface area contributed by atoms with E-state index >= 15 is 0 Å². The number of allylic oxidation sites excluding steroid dienone is 1. The van der Waals surface area contributed by atoms with E-state index in [0.717, 1.165) is 28.0 Å². The van der Waals surface area contributed by atoms with Gasteiger partial charge in [-0.15, -0.1) is 0 Å². The minimum absolute atomic E-state index is 0.233. The average Bonchev–Trinajstić information content (AvgIpc) is 3.12. The first-order valence-corrected chi connectivity index (χ1v) is 9.09. The number of benzene rings is 3. The van der Waals surface area contributed by atoms with E-state index in [1.165, 1.54) is 6.07 Å². The molecule has 0 aliphatic carbocycles. The van der Waals surface area contributed by atoms with E-state index in [1.54, 1.807) is 13.2 Å². The third-order valence-electron chi connectivity index (χ3n) is 5.07. The molecular weight excluding hydrogens is 353 g/mol. The Morgan fingerprint density at radius 1 is 0.964 bits per heavy atom. The van der Waals surface area contributed by atoms with Crippen molar-refractivity contribution in [3.05, 3.63) is 95.8 Å². The van der Waals surface area contributed by atoms with Crippen molar-refractivity contribution in [2.24, 2.45) is 0 Å². The van der Waals surface area contributed by atoms with E-state index in [2.05, 4.69) is 5.32 Å². The van der Waals surface area contributed by atoms with E-state index < -0.39 is 0 Å². The summed E-state index contributed by atoms with van der Waals surface area (Å²) in [5.41, 5.74) is 4.32. The number of aromatic nitrogens is 2. The number of para-hydroxylation sites is 2. The molecule has 2 heterocycles. The Labute approximate surface area is 161 Å². The maximum atomic E-state index is 14.7. The average molecular weight is 371 g/mol. The number of fused-ring (bicyclic) bond motifs is 3. The van der Waals surface area contributed by atoms with E-state index in [4.69, 9.17) is 9.72 Å². The van der Waals surface area contributed by atoms with Crippen molar-refractivity contribution in [3.8, 4) is 5.75 Å². The van der Waals surface area contributed by atoms with E-state index in [9.17, 15) is 4.39 Å². The van der Waals surface area contributed by atoms with Gasteiger partial charge in [-0.3, -0.25) is 4.57 Å². The summed E-state index contributed by atoms with van der Waals surface area (Å²) in [7, 11) is 1.64. The zero-order valence-corrected chi connectivity index (χ0v) is 15.3. The SMILES string of the molecule is COc1ccc(C2=C[C@@H](c3ccccc3F)n3c(nc4ccccc43)N2)cc1. The van der Waals surface area contributed by atoms with Crippen LogP contribution in [0.2, 0.25) is 0 Å². The summed E-state index contributed by atoms with van der Waals surface area (Å²) < 4.78 is 22.0. The van der Waals surface area contributed by atoms with Gasteiger partial charge in [0.25, 0.3) is 0 Å². The second-order valence-corrected chi connectivity index (χ2v) is 6.69. The van der Waals surface area contributed by atoms with Crippen LogP contribution in [0, 0.1) is 5.82 Å². The van der Waals surface area contributed by atoms with Crippen molar-refractivity contribution in [3.63, 3.8) is 0 Å². The molecule has 3 aromatic carbocycles. The molecule has 0 bridgehead atoms. The fourth-order valence-corrected chi connectivity index (χ4v) is 3.69. The van der Waals surface area contributed by atoms with Crippen molar-refractivity contribution < 1.29 is 9.13 Å². The molecule has 0 saturated heterocycles. The van der Waals surface area contributed by atoms with Gasteiger partial charge in [0.05, 0.1) is 24.2 Å². The summed E-state index contributed by atoms with van der Waals surface area (Å²) in [6, 6.07) is 22.3. The number of nitrogens with zero attached hydrogens (tertiary/aromatic N) is 2. The summed E-state index contributed by atoms with van der Waals surface area (Å²) in [6.45, 7) is 0. The maximum absolute atomic E-state index is 14.7. The van der Waals surface area contributed by atoms with Crippen LogP contribution in [0.1, 0.15) is 17.2 Å². The van der Waals surface area contributed by atoms with Gasteiger partial charge in [0.2, 0.25) is 5.95 Å². The molecule has 0 fully saturated rings. The largest absolute Gasteiger partial charge is 0.497 e. The van der Waals surface area contributed by atoms with Crippen molar-refractivity contribution >= 4 is 22.7 Å². The minimum atomic E-state index is -0.304. The van der Waals surface area contributed by atoms with Crippen LogP contribution in [0.3, 0.4) is 0 Å². The Morgan fingerprint density at radius 3 is 2.50 bits per heavy atom. The van der Waals surface area contributed by atoms with E-state index in [0.29, 0.717) is 11.5 Å². The quantitative estimate of drug-likeness (QED) is 0.535. The van der Waals surface area contributed by atoms with Gasteiger partial charge >= 0.3 is 0 Å². The Bertz CT molecular complexity index is 1190. The topological polar surface area (TPSA) is 39.1 Å². The fraction of sp³-hybridized carbons (Fsp3) is 0.0870. The highest BCUT2D eigenvalue weighted by Gasteiger charge is 2.26. The summed E-state index contributed by atoms with van der Waals surface area (Å²) in [6.07, 6.45) is 2.04. The first-order chi connectivity index (χ1) is 13.7. The molecule has 5 rings (SSSR count). The highest BCUT2D eigenvalue weighted by molar-refractivity contribution is 5.85. The lowest BCUT2D eigenvalue weighted by Crippen LogP contribution is -2.20. The molecule has 1 aromatic heterocycles. The second-order valence-electron chi connectivity index (χ2n) is 6.69. The molecule has 138 valence electrons. The number of anilines is 1. The monoisotopic (exact) mass is 371 g/mol. The molecule has 1 atom stereocenters. The highest BCUT2D eigenvalue weighted by Crippen LogP contribution is 2.37.